The maximum atomic E-state index is 12.6. The van der Waals surface area contributed by atoms with E-state index in [4.69, 9.17) is 16.3 Å². The van der Waals surface area contributed by atoms with Crippen LogP contribution in [0.1, 0.15) is 11.3 Å². The first-order valence-corrected chi connectivity index (χ1v) is 8.94. The minimum absolute atomic E-state index is 0.140. The second-order valence-corrected chi connectivity index (χ2v) is 6.77. The number of rotatable bonds is 3. The molecule has 7 heteroatoms. The molecular weight excluding hydrogens is 352 g/mol. The Balaban J connectivity index is 1.63. The summed E-state index contributed by atoms with van der Waals surface area (Å²) < 4.78 is 5.29. The number of carbonyl (C=O) groups excluding carboxylic acids is 1. The van der Waals surface area contributed by atoms with Crippen molar-refractivity contribution < 1.29 is 9.53 Å². The average Bonchev–Trinajstić information content (AvgIpc) is 2.64. The first-order valence-electron chi connectivity index (χ1n) is 8.56. The molecule has 1 aromatic heterocycles. The van der Waals surface area contributed by atoms with Gasteiger partial charge < -0.3 is 19.9 Å². The summed E-state index contributed by atoms with van der Waals surface area (Å²) in [5.74, 6) is 0.430. The number of halogens is 1. The molecule has 138 valence electrons. The number of pyridine rings is 1. The smallest absolute Gasteiger partial charge is 0.322 e. The molecular formula is C19H23ClN4O2. The Morgan fingerprint density at radius 1 is 1.19 bits per heavy atom. The Kier molecular flexibility index (Phi) is 5.52. The van der Waals surface area contributed by atoms with Crippen molar-refractivity contribution in [3.05, 3.63) is 46.6 Å². The summed E-state index contributed by atoms with van der Waals surface area (Å²) in [7, 11) is 1.55. The number of methoxy groups -OCH3 is 1. The highest BCUT2D eigenvalue weighted by atomic mass is 35.5. The van der Waals surface area contributed by atoms with E-state index < -0.39 is 0 Å². The predicted octanol–water partition coefficient (Wildman–Crippen LogP) is 3.71. The molecule has 2 heterocycles. The molecule has 0 radical (unpaired) electrons. The van der Waals surface area contributed by atoms with Crippen LogP contribution < -0.4 is 15.0 Å². The predicted molar refractivity (Wildman–Crippen MR) is 105 cm³/mol. The Hall–Kier alpha value is -2.47. The van der Waals surface area contributed by atoms with Crippen molar-refractivity contribution in [3.63, 3.8) is 0 Å². The van der Waals surface area contributed by atoms with Crippen molar-refractivity contribution in [2.45, 2.75) is 13.8 Å². The van der Waals surface area contributed by atoms with E-state index in [9.17, 15) is 4.79 Å². The van der Waals surface area contributed by atoms with Gasteiger partial charge >= 0.3 is 6.03 Å². The molecule has 1 aliphatic heterocycles. The molecule has 1 aliphatic rings. The molecule has 1 N–H and O–H groups in total. The molecule has 0 bridgehead atoms. The highest BCUT2D eigenvalue weighted by Crippen LogP contribution is 2.25. The van der Waals surface area contributed by atoms with Crippen LogP contribution in [0, 0.1) is 13.8 Å². The zero-order chi connectivity index (χ0) is 18.7. The summed E-state index contributed by atoms with van der Waals surface area (Å²) >= 11 is 6.07. The van der Waals surface area contributed by atoms with Crippen molar-refractivity contribution in [1.82, 2.24) is 9.88 Å². The van der Waals surface area contributed by atoms with Gasteiger partial charge in [0.25, 0.3) is 0 Å². The van der Waals surface area contributed by atoms with Crippen molar-refractivity contribution in [2.75, 3.05) is 43.5 Å². The quantitative estimate of drug-likeness (QED) is 0.889. The van der Waals surface area contributed by atoms with Gasteiger partial charge in [0.2, 0.25) is 5.88 Å². The van der Waals surface area contributed by atoms with E-state index in [1.165, 1.54) is 0 Å². The van der Waals surface area contributed by atoms with E-state index in [-0.39, 0.29) is 6.03 Å². The lowest BCUT2D eigenvalue weighted by atomic mass is 10.2. The number of aryl methyl sites for hydroxylation is 2. The Bertz CT molecular complexity index is 804. The number of amides is 2. The number of hydrogen-bond acceptors (Lipinski definition) is 4. The number of urea groups is 1. The number of nitrogens with zero attached hydrogens (tertiary/aromatic N) is 3. The topological polar surface area (TPSA) is 57.7 Å². The van der Waals surface area contributed by atoms with Crippen LogP contribution in [0.4, 0.5) is 16.2 Å². The van der Waals surface area contributed by atoms with Crippen LogP contribution in [0.2, 0.25) is 5.02 Å². The van der Waals surface area contributed by atoms with Gasteiger partial charge in [-0.2, -0.15) is 0 Å². The molecule has 2 amide bonds. The van der Waals surface area contributed by atoms with Crippen molar-refractivity contribution in [3.8, 4) is 5.88 Å². The van der Waals surface area contributed by atoms with Gasteiger partial charge in [0.05, 0.1) is 7.11 Å². The molecule has 0 atom stereocenters. The Morgan fingerprint density at radius 3 is 2.58 bits per heavy atom. The van der Waals surface area contributed by atoms with Gasteiger partial charge in [-0.05, 0) is 43.7 Å². The molecule has 1 aromatic carbocycles. The van der Waals surface area contributed by atoms with Crippen LogP contribution in [0.25, 0.3) is 0 Å². The Labute approximate surface area is 158 Å². The molecule has 0 unspecified atom stereocenters. The van der Waals surface area contributed by atoms with E-state index in [0.717, 1.165) is 35.1 Å². The summed E-state index contributed by atoms with van der Waals surface area (Å²) in [4.78, 5) is 21.0. The minimum atomic E-state index is -0.140. The fourth-order valence-corrected chi connectivity index (χ4v) is 3.15. The lowest BCUT2D eigenvalue weighted by Gasteiger charge is -2.36. The fraction of sp³-hybridized carbons (Fsp3) is 0.368. The largest absolute Gasteiger partial charge is 0.480 e. The molecule has 0 saturated carbocycles. The molecule has 3 rings (SSSR count). The van der Waals surface area contributed by atoms with Crippen LogP contribution in [-0.2, 0) is 0 Å². The number of aromatic nitrogens is 1. The van der Waals surface area contributed by atoms with Crippen LogP contribution in [0.15, 0.2) is 30.3 Å². The number of benzene rings is 1. The molecule has 26 heavy (non-hydrogen) atoms. The molecule has 1 saturated heterocycles. The standard InChI is InChI=1S/C19H23ClN4O2/c1-13-11-17(18(26-3)21-14(13)2)22-19(25)24-9-7-23(8-10-24)16-6-4-5-15(20)12-16/h4-6,11-12H,7-10H2,1-3H3,(H,22,25). The van der Waals surface area contributed by atoms with Crippen LogP contribution in [0.5, 0.6) is 5.88 Å². The lowest BCUT2D eigenvalue weighted by molar-refractivity contribution is 0.208. The molecule has 0 spiro atoms. The number of ether oxygens (including phenoxy) is 1. The number of nitrogens with one attached hydrogen (secondary N) is 1. The van der Waals surface area contributed by atoms with Gasteiger partial charge in [-0.3, -0.25) is 0 Å². The Morgan fingerprint density at radius 2 is 1.92 bits per heavy atom. The average molecular weight is 375 g/mol. The van der Waals surface area contributed by atoms with Crippen molar-refractivity contribution in [1.29, 1.82) is 0 Å². The third kappa shape index (κ3) is 4.02. The summed E-state index contributed by atoms with van der Waals surface area (Å²) in [5.41, 5.74) is 3.57. The number of hydrogen-bond donors (Lipinski definition) is 1. The normalized spacial score (nSPS) is 14.3. The molecule has 1 fully saturated rings. The number of piperazine rings is 1. The summed E-state index contributed by atoms with van der Waals surface area (Å²) in [6.07, 6.45) is 0. The highest BCUT2D eigenvalue weighted by Gasteiger charge is 2.22. The maximum absolute atomic E-state index is 12.6. The van der Waals surface area contributed by atoms with E-state index in [1.54, 1.807) is 12.0 Å². The zero-order valence-electron chi connectivity index (χ0n) is 15.3. The van der Waals surface area contributed by atoms with Gasteiger partial charge in [0, 0.05) is 42.6 Å². The van der Waals surface area contributed by atoms with Crippen molar-refractivity contribution in [2.24, 2.45) is 0 Å². The molecule has 0 aliphatic carbocycles. The molecule has 2 aromatic rings. The third-order valence-electron chi connectivity index (χ3n) is 4.61. The lowest BCUT2D eigenvalue weighted by Crippen LogP contribution is -2.50. The second-order valence-electron chi connectivity index (χ2n) is 6.33. The van der Waals surface area contributed by atoms with Gasteiger partial charge in [-0.15, -0.1) is 0 Å². The van der Waals surface area contributed by atoms with Gasteiger partial charge in [0.15, 0.2) is 0 Å². The van der Waals surface area contributed by atoms with E-state index in [0.29, 0.717) is 24.7 Å². The number of carbonyl (C=O) groups is 1. The summed E-state index contributed by atoms with van der Waals surface area (Å²) in [6, 6.07) is 9.53. The minimum Gasteiger partial charge on any atom is -0.480 e. The number of anilines is 2. The van der Waals surface area contributed by atoms with E-state index >= 15 is 0 Å². The van der Waals surface area contributed by atoms with Crippen LogP contribution >= 0.6 is 11.6 Å². The third-order valence-corrected chi connectivity index (χ3v) is 4.84. The molecule has 6 nitrogen and oxygen atoms in total. The first kappa shape index (κ1) is 18.3. The van der Waals surface area contributed by atoms with Crippen molar-refractivity contribution >= 4 is 29.0 Å². The fourth-order valence-electron chi connectivity index (χ4n) is 2.96. The zero-order valence-corrected chi connectivity index (χ0v) is 16.0. The summed E-state index contributed by atoms with van der Waals surface area (Å²) in [6.45, 7) is 6.67. The van der Waals surface area contributed by atoms with Crippen LogP contribution in [-0.4, -0.2) is 49.2 Å². The van der Waals surface area contributed by atoms with Gasteiger partial charge in [-0.1, -0.05) is 17.7 Å². The van der Waals surface area contributed by atoms with Gasteiger partial charge in [0.1, 0.15) is 5.69 Å². The monoisotopic (exact) mass is 374 g/mol. The second kappa shape index (κ2) is 7.83. The van der Waals surface area contributed by atoms with Gasteiger partial charge in [-0.25, -0.2) is 9.78 Å². The van der Waals surface area contributed by atoms with E-state index in [2.05, 4.69) is 15.2 Å². The highest BCUT2D eigenvalue weighted by molar-refractivity contribution is 6.30. The maximum Gasteiger partial charge on any atom is 0.322 e. The SMILES string of the molecule is COc1nc(C)c(C)cc1NC(=O)N1CCN(c2cccc(Cl)c2)CC1. The first-order chi connectivity index (χ1) is 12.5. The van der Waals surface area contributed by atoms with Crippen LogP contribution in [0.3, 0.4) is 0 Å². The summed E-state index contributed by atoms with van der Waals surface area (Å²) in [5, 5.41) is 3.64. The van der Waals surface area contributed by atoms with E-state index in [1.807, 2.05) is 44.2 Å².